The van der Waals surface area contributed by atoms with Gasteiger partial charge in [0.1, 0.15) is 6.04 Å². The number of carboxylic acids is 1. The zero-order chi connectivity index (χ0) is 14.8. The molecule has 0 bridgehead atoms. The first-order valence-electron chi connectivity index (χ1n) is 5.81. The molecule has 110 valence electrons. The number of carboxylic acid groups (broad SMARTS) is 1. The predicted molar refractivity (Wildman–Crippen MR) is 65.7 cm³/mol. The number of nitrogens with one attached hydrogen (secondary N) is 1. The summed E-state index contributed by atoms with van der Waals surface area (Å²) in [5, 5.41) is 11.1. The van der Waals surface area contributed by atoms with Gasteiger partial charge in [-0.05, 0) is 6.92 Å². The summed E-state index contributed by atoms with van der Waals surface area (Å²) in [6, 6.07) is -1.90. The van der Waals surface area contributed by atoms with Crippen molar-refractivity contribution in [2.45, 2.75) is 19.4 Å². The molecule has 1 atom stereocenters. The molecular formula is C11H20N2O6. The van der Waals surface area contributed by atoms with Crippen LogP contribution in [0.3, 0.4) is 0 Å². The summed E-state index contributed by atoms with van der Waals surface area (Å²) < 4.78 is 9.44. The molecule has 0 aliphatic heterocycles. The van der Waals surface area contributed by atoms with Crippen LogP contribution in [0, 0.1) is 0 Å². The molecule has 0 aromatic rings. The minimum Gasteiger partial charge on any atom is -0.480 e. The number of likely N-dealkylation sites (N-methyl/N-ethyl adjacent to an activating group) is 1. The van der Waals surface area contributed by atoms with Crippen LogP contribution in [0.2, 0.25) is 0 Å². The standard InChI is InChI=1S/C11H20N2O6/c1-4-19-6-5-13(2)11(17)12-8(10(15)16)7-9(14)18-3/h8H,4-7H2,1-3H3,(H,12,17)(H,15,16)/t8-/m0/s1. The average Bonchev–Trinajstić information content (AvgIpc) is 2.37. The van der Waals surface area contributed by atoms with Crippen LogP contribution in [0.1, 0.15) is 13.3 Å². The molecule has 0 heterocycles. The Morgan fingerprint density at radius 3 is 2.47 bits per heavy atom. The lowest BCUT2D eigenvalue weighted by Crippen LogP contribution is -2.48. The molecule has 0 aliphatic carbocycles. The molecule has 0 fully saturated rings. The summed E-state index contributed by atoms with van der Waals surface area (Å²) in [4.78, 5) is 34.9. The van der Waals surface area contributed by atoms with Crippen LogP contribution < -0.4 is 5.32 Å². The minimum atomic E-state index is -1.31. The third-order valence-corrected chi connectivity index (χ3v) is 2.32. The Labute approximate surface area is 111 Å². The SMILES string of the molecule is CCOCCN(C)C(=O)N[C@@H](CC(=O)OC)C(=O)O. The van der Waals surface area contributed by atoms with Crippen molar-refractivity contribution in [2.75, 3.05) is 33.9 Å². The summed E-state index contributed by atoms with van der Waals surface area (Å²) in [5.74, 6) is -2.00. The summed E-state index contributed by atoms with van der Waals surface area (Å²) in [6.45, 7) is 3.05. The van der Waals surface area contributed by atoms with E-state index in [4.69, 9.17) is 9.84 Å². The van der Waals surface area contributed by atoms with Gasteiger partial charge in [0.2, 0.25) is 0 Å². The van der Waals surface area contributed by atoms with Gasteiger partial charge in [0.05, 0.1) is 20.1 Å². The molecule has 0 unspecified atom stereocenters. The average molecular weight is 276 g/mol. The van der Waals surface area contributed by atoms with Crippen LogP contribution in [0.5, 0.6) is 0 Å². The van der Waals surface area contributed by atoms with Gasteiger partial charge in [0, 0.05) is 20.2 Å². The van der Waals surface area contributed by atoms with Crippen molar-refractivity contribution < 1.29 is 29.0 Å². The zero-order valence-electron chi connectivity index (χ0n) is 11.3. The topological polar surface area (TPSA) is 105 Å². The van der Waals surface area contributed by atoms with E-state index in [0.717, 1.165) is 7.11 Å². The monoisotopic (exact) mass is 276 g/mol. The van der Waals surface area contributed by atoms with Crippen molar-refractivity contribution >= 4 is 18.0 Å². The fourth-order valence-electron chi connectivity index (χ4n) is 1.16. The molecule has 19 heavy (non-hydrogen) atoms. The first-order valence-corrected chi connectivity index (χ1v) is 5.81. The second-order valence-corrected chi connectivity index (χ2v) is 3.74. The van der Waals surface area contributed by atoms with Crippen LogP contribution in [-0.2, 0) is 19.1 Å². The fourth-order valence-corrected chi connectivity index (χ4v) is 1.16. The molecule has 0 aromatic carbocycles. The Morgan fingerprint density at radius 1 is 1.37 bits per heavy atom. The first-order chi connectivity index (χ1) is 8.92. The molecule has 0 saturated carbocycles. The highest BCUT2D eigenvalue weighted by atomic mass is 16.5. The van der Waals surface area contributed by atoms with Gasteiger partial charge in [0.15, 0.2) is 0 Å². The Morgan fingerprint density at radius 2 is 2.00 bits per heavy atom. The second kappa shape index (κ2) is 9.15. The maximum Gasteiger partial charge on any atom is 0.326 e. The molecular weight excluding hydrogens is 256 g/mol. The quantitative estimate of drug-likeness (QED) is 0.465. The molecule has 0 spiro atoms. The van der Waals surface area contributed by atoms with Crippen molar-refractivity contribution in [3.63, 3.8) is 0 Å². The number of nitrogens with zero attached hydrogens (tertiary/aromatic N) is 1. The Bertz CT molecular complexity index is 320. The number of esters is 1. The van der Waals surface area contributed by atoms with E-state index in [1.807, 2.05) is 6.92 Å². The molecule has 8 nitrogen and oxygen atoms in total. The normalized spacial score (nSPS) is 11.5. The molecule has 2 amide bonds. The smallest absolute Gasteiger partial charge is 0.326 e. The maximum atomic E-state index is 11.7. The van der Waals surface area contributed by atoms with Crippen LogP contribution in [0.4, 0.5) is 4.79 Å². The van der Waals surface area contributed by atoms with E-state index in [-0.39, 0.29) is 0 Å². The van der Waals surface area contributed by atoms with E-state index >= 15 is 0 Å². The Balaban J connectivity index is 4.30. The predicted octanol–water partition coefficient (Wildman–Crippen LogP) is -0.319. The van der Waals surface area contributed by atoms with Gasteiger partial charge in [-0.2, -0.15) is 0 Å². The molecule has 0 radical (unpaired) electrons. The number of hydrogen-bond donors (Lipinski definition) is 2. The van der Waals surface area contributed by atoms with E-state index in [2.05, 4.69) is 10.1 Å². The minimum absolute atomic E-state index is 0.324. The maximum absolute atomic E-state index is 11.7. The highest BCUT2D eigenvalue weighted by molar-refractivity contribution is 5.86. The van der Waals surface area contributed by atoms with Crippen LogP contribution in [-0.4, -0.2) is 67.9 Å². The highest BCUT2D eigenvalue weighted by Crippen LogP contribution is 1.97. The van der Waals surface area contributed by atoms with Crippen LogP contribution in [0.15, 0.2) is 0 Å². The van der Waals surface area contributed by atoms with Crippen molar-refractivity contribution in [1.29, 1.82) is 0 Å². The molecule has 0 aliphatic rings. The lowest BCUT2D eigenvalue weighted by molar-refractivity contribution is -0.147. The van der Waals surface area contributed by atoms with Crippen molar-refractivity contribution in [3.05, 3.63) is 0 Å². The van der Waals surface area contributed by atoms with E-state index in [1.165, 1.54) is 11.9 Å². The van der Waals surface area contributed by atoms with Gasteiger partial charge in [-0.3, -0.25) is 4.79 Å². The van der Waals surface area contributed by atoms with Gasteiger partial charge in [-0.25, -0.2) is 9.59 Å². The summed E-state index contributed by atoms with van der Waals surface area (Å²) in [6.07, 6.45) is -0.420. The third kappa shape index (κ3) is 7.24. The largest absolute Gasteiger partial charge is 0.480 e. The van der Waals surface area contributed by atoms with Gasteiger partial charge in [0.25, 0.3) is 0 Å². The second-order valence-electron chi connectivity index (χ2n) is 3.74. The van der Waals surface area contributed by atoms with E-state index in [0.29, 0.717) is 19.8 Å². The fraction of sp³-hybridized carbons (Fsp3) is 0.727. The number of carbonyl (C=O) groups excluding carboxylic acids is 2. The molecule has 2 N–H and O–H groups in total. The lowest BCUT2D eigenvalue weighted by atomic mass is 10.2. The number of urea groups is 1. The lowest BCUT2D eigenvalue weighted by Gasteiger charge is -2.20. The van der Waals surface area contributed by atoms with Gasteiger partial charge in [-0.1, -0.05) is 0 Å². The number of amides is 2. The first kappa shape index (κ1) is 17.2. The molecule has 8 heteroatoms. The number of methoxy groups -OCH3 is 1. The Hall–Kier alpha value is -1.83. The van der Waals surface area contributed by atoms with Gasteiger partial charge in [-0.15, -0.1) is 0 Å². The molecule has 0 rings (SSSR count). The summed E-state index contributed by atoms with van der Waals surface area (Å²) >= 11 is 0. The van der Waals surface area contributed by atoms with Gasteiger partial charge < -0.3 is 24.8 Å². The van der Waals surface area contributed by atoms with Crippen molar-refractivity contribution in [3.8, 4) is 0 Å². The summed E-state index contributed by atoms with van der Waals surface area (Å²) in [5.41, 5.74) is 0. The van der Waals surface area contributed by atoms with E-state index in [1.54, 1.807) is 0 Å². The zero-order valence-corrected chi connectivity index (χ0v) is 11.3. The molecule has 0 aromatic heterocycles. The number of aliphatic carboxylic acids is 1. The number of carbonyl (C=O) groups is 3. The molecule has 0 saturated heterocycles. The van der Waals surface area contributed by atoms with Gasteiger partial charge >= 0.3 is 18.0 Å². The third-order valence-electron chi connectivity index (χ3n) is 2.32. The summed E-state index contributed by atoms with van der Waals surface area (Å²) in [7, 11) is 2.66. The Kier molecular flexibility index (Phi) is 8.27. The number of hydrogen-bond acceptors (Lipinski definition) is 5. The van der Waals surface area contributed by atoms with Crippen molar-refractivity contribution in [2.24, 2.45) is 0 Å². The highest BCUT2D eigenvalue weighted by Gasteiger charge is 2.24. The number of rotatable bonds is 8. The van der Waals surface area contributed by atoms with Crippen LogP contribution in [0.25, 0.3) is 0 Å². The number of ether oxygens (including phenoxy) is 2. The van der Waals surface area contributed by atoms with Crippen LogP contribution >= 0.6 is 0 Å². The van der Waals surface area contributed by atoms with E-state index < -0.39 is 30.4 Å². The van der Waals surface area contributed by atoms with E-state index in [9.17, 15) is 14.4 Å². The van der Waals surface area contributed by atoms with Crippen molar-refractivity contribution in [1.82, 2.24) is 10.2 Å².